The Bertz CT molecular complexity index is 1020. The number of anilines is 2. The van der Waals surface area contributed by atoms with Crippen molar-refractivity contribution < 1.29 is 14.1 Å². The standard InChI is InChI=1S/C21H20BrClN4O3/c22-15-3-6-18(27-9-11-29-12-10-27)17(13-15)24-19(28)7-8-20-25-21(26-30-20)14-1-4-16(23)5-2-14/h1-6,13H,7-12H2,(H,24,28). The molecule has 0 atom stereocenters. The van der Waals surface area contributed by atoms with Crippen molar-refractivity contribution in [3.05, 3.63) is 57.9 Å². The van der Waals surface area contributed by atoms with Gasteiger partial charge in [-0.3, -0.25) is 4.79 Å². The molecular formula is C21H20BrClN4O3. The van der Waals surface area contributed by atoms with Crippen molar-refractivity contribution in [1.82, 2.24) is 10.1 Å². The second kappa shape index (κ2) is 9.59. The Kier molecular flexibility index (Phi) is 6.66. The Balaban J connectivity index is 1.38. The molecule has 1 saturated heterocycles. The molecule has 0 unspecified atom stereocenters. The van der Waals surface area contributed by atoms with Gasteiger partial charge in [0.2, 0.25) is 17.6 Å². The summed E-state index contributed by atoms with van der Waals surface area (Å²) in [4.78, 5) is 19.1. The number of carbonyl (C=O) groups excluding carboxylic acids is 1. The minimum absolute atomic E-state index is 0.117. The number of amides is 1. The number of aromatic nitrogens is 2. The highest BCUT2D eigenvalue weighted by Gasteiger charge is 2.17. The lowest BCUT2D eigenvalue weighted by molar-refractivity contribution is -0.116. The van der Waals surface area contributed by atoms with E-state index in [1.165, 1.54) is 0 Å². The van der Waals surface area contributed by atoms with Gasteiger partial charge in [-0.15, -0.1) is 0 Å². The number of halogens is 2. The fraction of sp³-hybridized carbons (Fsp3) is 0.286. The SMILES string of the molecule is O=C(CCc1nc(-c2ccc(Cl)cc2)no1)Nc1cc(Br)ccc1N1CCOCC1. The number of nitrogens with zero attached hydrogens (tertiary/aromatic N) is 3. The maximum absolute atomic E-state index is 12.6. The number of rotatable bonds is 6. The summed E-state index contributed by atoms with van der Waals surface area (Å²) in [5.74, 6) is 0.773. The predicted molar refractivity (Wildman–Crippen MR) is 119 cm³/mol. The molecule has 0 radical (unpaired) electrons. The van der Waals surface area contributed by atoms with E-state index in [4.69, 9.17) is 20.9 Å². The summed E-state index contributed by atoms with van der Waals surface area (Å²) in [6.45, 7) is 2.94. The van der Waals surface area contributed by atoms with Crippen molar-refractivity contribution in [3.63, 3.8) is 0 Å². The smallest absolute Gasteiger partial charge is 0.227 e. The summed E-state index contributed by atoms with van der Waals surface area (Å²) in [5.41, 5.74) is 2.56. The van der Waals surface area contributed by atoms with E-state index < -0.39 is 0 Å². The lowest BCUT2D eigenvalue weighted by Crippen LogP contribution is -2.36. The van der Waals surface area contributed by atoms with Crippen LogP contribution in [-0.4, -0.2) is 42.4 Å². The maximum Gasteiger partial charge on any atom is 0.227 e. The second-order valence-corrected chi connectivity index (χ2v) is 8.18. The summed E-state index contributed by atoms with van der Waals surface area (Å²) in [6, 6.07) is 13.1. The van der Waals surface area contributed by atoms with Crippen LogP contribution in [-0.2, 0) is 16.0 Å². The maximum atomic E-state index is 12.6. The van der Waals surface area contributed by atoms with E-state index in [0.29, 0.717) is 36.4 Å². The van der Waals surface area contributed by atoms with Crippen molar-refractivity contribution in [2.75, 3.05) is 36.5 Å². The van der Waals surface area contributed by atoms with Crippen LogP contribution in [0.2, 0.25) is 5.02 Å². The van der Waals surface area contributed by atoms with Gasteiger partial charge in [0.05, 0.1) is 24.6 Å². The molecule has 0 saturated carbocycles. The van der Waals surface area contributed by atoms with Gasteiger partial charge in [0.25, 0.3) is 0 Å². The van der Waals surface area contributed by atoms with Crippen LogP contribution >= 0.6 is 27.5 Å². The van der Waals surface area contributed by atoms with Gasteiger partial charge in [-0.1, -0.05) is 32.7 Å². The molecule has 7 nitrogen and oxygen atoms in total. The van der Waals surface area contributed by atoms with Gasteiger partial charge in [0.15, 0.2) is 0 Å². The summed E-state index contributed by atoms with van der Waals surface area (Å²) in [5, 5.41) is 7.63. The van der Waals surface area contributed by atoms with Gasteiger partial charge in [0, 0.05) is 41.0 Å². The molecule has 4 rings (SSSR count). The third-order valence-corrected chi connectivity index (χ3v) is 5.47. The summed E-state index contributed by atoms with van der Waals surface area (Å²) in [6.07, 6.45) is 0.588. The van der Waals surface area contributed by atoms with E-state index in [9.17, 15) is 4.79 Å². The molecule has 0 aliphatic carbocycles. The van der Waals surface area contributed by atoms with Crippen molar-refractivity contribution in [1.29, 1.82) is 0 Å². The van der Waals surface area contributed by atoms with Crippen molar-refractivity contribution >= 4 is 44.8 Å². The molecule has 2 aromatic carbocycles. The summed E-state index contributed by atoms with van der Waals surface area (Å²) >= 11 is 9.38. The lowest BCUT2D eigenvalue weighted by atomic mass is 10.2. The molecule has 1 aliphatic rings. The third kappa shape index (κ3) is 5.19. The number of nitrogens with one attached hydrogen (secondary N) is 1. The van der Waals surface area contributed by atoms with Gasteiger partial charge in [-0.25, -0.2) is 0 Å². The number of ether oxygens (including phenoxy) is 1. The Labute approximate surface area is 187 Å². The summed E-state index contributed by atoms with van der Waals surface area (Å²) < 4.78 is 11.6. The van der Waals surface area contributed by atoms with Gasteiger partial charge >= 0.3 is 0 Å². The van der Waals surface area contributed by atoms with E-state index in [0.717, 1.165) is 34.5 Å². The van der Waals surface area contributed by atoms with Crippen LogP contribution in [0.3, 0.4) is 0 Å². The number of benzene rings is 2. The molecule has 30 heavy (non-hydrogen) atoms. The molecule has 2 heterocycles. The van der Waals surface area contributed by atoms with Crippen LogP contribution < -0.4 is 10.2 Å². The minimum atomic E-state index is -0.117. The zero-order chi connectivity index (χ0) is 20.9. The van der Waals surface area contributed by atoms with Crippen LogP contribution in [0.4, 0.5) is 11.4 Å². The van der Waals surface area contributed by atoms with Crippen LogP contribution in [0, 0.1) is 0 Å². The quantitative estimate of drug-likeness (QED) is 0.544. The van der Waals surface area contributed by atoms with Crippen LogP contribution in [0.1, 0.15) is 12.3 Å². The van der Waals surface area contributed by atoms with Crippen LogP contribution in [0.25, 0.3) is 11.4 Å². The fourth-order valence-corrected chi connectivity index (χ4v) is 3.68. The van der Waals surface area contributed by atoms with Gasteiger partial charge in [0.1, 0.15) is 0 Å². The Morgan fingerprint density at radius 3 is 2.70 bits per heavy atom. The number of hydrogen-bond donors (Lipinski definition) is 1. The first-order chi connectivity index (χ1) is 14.6. The van der Waals surface area contributed by atoms with Gasteiger partial charge in [-0.05, 0) is 42.5 Å². The Hall–Kier alpha value is -2.42. The number of aryl methyl sites for hydroxylation is 1. The first kappa shape index (κ1) is 20.8. The molecule has 1 amide bonds. The predicted octanol–water partition coefficient (Wildman–Crippen LogP) is 4.56. The van der Waals surface area contributed by atoms with Crippen molar-refractivity contribution in [2.24, 2.45) is 0 Å². The number of morpholine rings is 1. The van der Waals surface area contributed by atoms with Crippen molar-refractivity contribution in [3.8, 4) is 11.4 Å². The Morgan fingerprint density at radius 2 is 1.93 bits per heavy atom. The molecule has 0 bridgehead atoms. The molecule has 156 valence electrons. The van der Waals surface area contributed by atoms with E-state index in [1.807, 2.05) is 30.3 Å². The topological polar surface area (TPSA) is 80.5 Å². The minimum Gasteiger partial charge on any atom is -0.378 e. The van der Waals surface area contributed by atoms with Crippen molar-refractivity contribution in [2.45, 2.75) is 12.8 Å². The van der Waals surface area contributed by atoms with E-state index >= 15 is 0 Å². The first-order valence-corrected chi connectivity index (χ1v) is 10.8. The average Bonchev–Trinajstić information content (AvgIpc) is 3.23. The van der Waals surface area contributed by atoms with E-state index in [2.05, 4.69) is 36.3 Å². The van der Waals surface area contributed by atoms with E-state index in [1.54, 1.807) is 12.1 Å². The number of carbonyl (C=O) groups is 1. The third-order valence-electron chi connectivity index (χ3n) is 4.72. The molecule has 1 aliphatic heterocycles. The first-order valence-electron chi connectivity index (χ1n) is 9.59. The number of hydrogen-bond acceptors (Lipinski definition) is 6. The van der Waals surface area contributed by atoms with Gasteiger partial charge in [-0.2, -0.15) is 4.98 Å². The highest BCUT2D eigenvalue weighted by Crippen LogP contribution is 2.30. The molecular weight excluding hydrogens is 472 g/mol. The molecule has 0 spiro atoms. The highest BCUT2D eigenvalue weighted by atomic mass is 79.9. The molecule has 9 heteroatoms. The highest BCUT2D eigenvalue weighted by molar-refractivity contribution is 9.10. The van der Waals surface area contributed by atoms with E-state index in [-0.39, 0.29) is 12.3 Å². The zero-order valence-corrected chi connectivity index (χ0v) is 18.4. The monoisotopic (exact) mass is 490 g/mol. The van der Waals surface area contributed by atoms with Crippen LogP contribution in [0.15, 0.2) is 51.5 Å². The van der Waals surface area contributed by atoms with Crippen LogP contribution in [0.5, 0.6) is 0 Å². The van der Waals surface area contributed by atoms with Gasteiger partial charge < -0.3 is 19.5 Å². The zero-order valence-electron chi connectivity index (χ0n) is 16.1. The second-order valence-electron chi connectivity index (χ2n) is 6.83. The lowest BCUT2D eigenvalue weighted by Gasteiger charge is -2.30. The molecule has 3 aromatic rings. The Morgan fingerprint density at radius 1 is 1.17 bits per heavy atom. The molecule has 1 fully saturated rings. The summed E-state index contributed by atoms with van der Waals surface area (Å²) in [7, 11) is 0. The average molecular weight is 492 g/mol. The molecule has 1 aromatic heterocycles. The normalized spacial score (nSPS) is 14.0. The molecule has 1 N–H and O–H groups in total. The largest absolute Gasteiger partial charge is 0.378 e. The fourth-order valence-electron chi connectivity index (χ4n) is 3.19.